The Morgan fingerprint density at radius 2 is 2.09 bits per heavy atom. The van der Waals surface area contributed by atoms with E-state index in [0.717, 1.165) is 0 Å². The van der Waals surface area contributed by atoms with Crippen LogP contribution in [0.15, 0.2) is 0 Å². The largest absolute Gasteiger partial charge is 0.322 e. The summed E-state index contributed by atoms with van der Waals surface area (Å²) in [5, 5.41) is 0. The maximum absolute atomic E-state index is 10.6. The van der Waals surface area contributed by atoms with Crippen molar-refractivity contribution in [3.63, 3.8) is 0 Å². The molecule has 5 heteroatoms. The molecule has 5 nitrogen and oxygen atoms in total. The van der Waals surface area contributed by atoms with Gasteiger partial charge in [-0.15, -0.1) is 0 Å². The Kier molecular flexibility index (Phi) is 4.40. The van der Waals surface area contributed by atoms with Gasteiger partial charge in [-0.05, 0) is 13.3 Å². The van der Waals surface area contributed by atoms with Crippen LogP contribution >= 0.6 is 0 Å². The molecular weight excluding hydrogens is 146 g/mol. The van der Waals surface area contributed by atoms with Crippen molar-refractivity contribution in [2.75, 3.05) is 0 Å². The summed E-state index contributed by atoms with van der Waals surface area (Å²) in [6.45, 7) is 1.39. The zero-order valence-corrected chi connectivity index (χ0v) is 6.46. The number of hydrogen-bond acceptors (Lipinski definition) is 4. The fraction of sp³-hybridized carbons (Fsp3) is 0.667. The molecule has 0 aromatic heterocycles. The molecule has 11 heavy (non-hydrogen) atoms. The second-order valence-electron chi connectivity index (χ2n) is 2.32. The molecule has 0 heterocycles. The third-order valence-corrected chi connectivity index (χ3v) is 1.37. The van der Waals surface area contributed by atoms with Crippen molar-refractivity contribution in [3.8, 4) is 0 Å². The number of nitrogens with one attached hydrogen (secondary N) is 1. The second-order valence-corrected chi connectivity index (χ2v) is 2.32. The molecule has 0 rings (SSSR count). The van der Waals surface area contributed by atoms with Crippen LogP contribution in [-0.4, -0.2) is 17.7 Å². The standard InChI is InChI=1S/C6H13N3O2/c1-4(10)5(7)2-3-6(11)9-8/h5H,2-3,7-8H2,1H3,(H,9,11)/t5-/m0/s1. The van der Waals surface area contributed by atoms with Crippen LogP contribution in [0.25, 0.3) is 0 Å². The third kappa shape index (κ3) is 4.46. The maximum atomic E-state index is 10.6. The quantitative estimate of drug-likeness (QED) is 0.269. The minimum atomic E-state index is -0.549. The van der Waals surface area contributed by atoms with E-state index in [2.05, 4.69) is 0 Å². The highest BCUT2D eigenvalue weighted by Gasteiger charge is 2.09. The second kappa shape index (κ2) is 4.81. The number of Topliss-reactive ketones (excluding diaryl/α,β-unsaturated/α-hetero) is 1. The van der Waals surface area contributed by atoms with Gasteiger partial charge in [0.15, 0.2) is 0 Å². The van der Waals surface area contributed by atoms with Crippen molar-refractivity contribution in [2.24, 2.45) is 11.6 Å². The lowest BCUT2D eigenvalue weighted by Crippen LogP contribution is -2.34. The lowest BCUT2D eigenvalue weighted by Gasteiger charge is -2.05. The molecule has 0 fully saturated rings. The predicted molar refractivity (Wildman–Crippen MR) is 40.2 cm³/mol. The zero-order chi connectivity index (χ0) is 8.85. The van der Waals surface area contributed by atoms with E-state index in [0.29, 0.717) is 6.42 Å². The van der Waals surface area contributed by atoms with Gasteiger partial charge in [0.05, 0.1) is 6.04 Å². The molecule has 5 N–H and O–H groups in total. The van der Waals surface area contributed by atoms with Crippen LogP contribution in [0.5, 0.6) is 0 Å². The van der Waals surface area contributed by atoms with Gasteiger partial charge in [0.2, 0.25) is 5.91 Å². The number of nitrogens with two attached hydrogens (primary N) is 2. The highest BCUT2D eigenvalue weighted by atomic mass is 16.2. The first kappa shape index (κ1) is 10.1. The Morgan fingerprint density at radius 3 is 2.45 bits per heavy atom. The molecule has 1 atom stereocenters. The van der Waals surface area contributed by atoms with Crippen LogP contribution < -0.4 is 17.0 Å². The van der Waals surface area contributed by atoms with E-state index in [-0.39, 0.29) is 18.1 Å². The van der Waals surface area contributed by atoms with Gasteiger partial charge in [0.1, 0.15) is 5.78 Å². The van der Waals surface area contributed by atoms with Gasteiger partial charge in [-0.1, -0.05) is 0 Å². The van der Waals surface area contributed by atoms with E-state index in [4.69, 9.17) is 11.6 Å². The average Bonchev–Trinajstić information content (AvgIpc) is 1.99. The van der Waals surface area contributed by atoms with Crippen LogP contribution in [0.2, 0.25) is 0 Å². The molecule has 0 saturated carbocycles. The normalized spacial score (nSPS) is 12.3. The van der Waals surface area contributed by atoms with Crippen LogP contribution in [0.3, 0.4) is 0 Å². The minimum absolute atomic E-state index is 0.116. The summed E-state index contributed by atoms with van der Waals surface area (Å²) in [6, 6.07) is -0.549. The number of ketones is 1. The van der Waals surface area contributed by atoms with Gasteiger partial charge in [0.25, 0.3) is 0 Å². The topological polar surface area (TPSA) is 98.2 Å². The number of carbonyl (C=O) groups is 2. The van der Waals surface area contributed by atoms with Crippen molar-refractivity contribution in [1.29, 1.82) is 0 Å². The van der Waals surface area contributed by atoms with Gasteiger partial charge in [0, 0.05) is 6.42 Å². The molecule has 0 unspecified atom stereocenters. The fourth-order valence-electron chi connectivity index (χ4n) is 0.562. The highest BCUT2D eigenvalue weighted by molar-refractivity contribution is 5.82. The lowest BCUT2D eigenvalue weighted by molar-refractivity contribution is -0.121. The number of rotatable bonds is 4. The predicted octanol–water partition coefficient (Wildman–Crippen LogP) is -1.33. The Hall–Kier alpha value is -0.940. The molecule has 64 valence electrons. The first-order valence-electron chi connectivity index (χ1n) is 3.33. The molecule has 1 amide bonds. The van der Waals surface area contributed by atoms with Gasteiger partial charge in [-0.3, -0.25) is 15.0 Å². The smallest absolute Gasteiger partial charge is 0.233 e. The summed E-state index contributed by atoms with van der Waals surface area (Å²) < 4.78 is 0. The number of hydrogen-bond donors (Lipinski definition) is 3. The molecule has 0 aliphatic rings. The number of carbonyl (C=O) groups excluding carboxylic acids is 2. The first-order chi connectivity index (χ1) is 5.07. The minimum Gasteiger partial charge on any atom is -0.322 e. The number of hydrazine groups is 1. The van der Waals surface area contributed by atoms with Gasteiger partial charge in [-0.25, -0.2) is 5.84 Å². The van der Waals surface area contributed by atoms with E-state index < -0.39 is 6.04 Å². The summed E-state index contributed by atoms with van der Waals surface area (Å²) in [4.78, 5) is 21.1. The van der Waals surface area contributed by atoms with E-state index in [1.807, 2.05) is 5.43 Å². The Balaban J connectivity index is 3.54. The summed E-state index contributed by atoms with van der Waals surface area (Å²) >= 11 is 0. The van der Waals surface area contributed by atoms with E-state index in [1.165, 1.54) is 6.92 Å². The average molecular weight is 159 g/mol. The van der Waals surface area contributed by atoms with E-state index in [1.54, 1.807) is 0 Å². The molecular formula is C6H13N3O2. The van der Waals surface area contributed by atoms with Crippen molar-refractivity contribution >= 4 is 11.7 Å². The van der Waals surface area contributed by atoms with Crippen LogP contribution in [0.1, 0.15) is 19.8 Å². The summed E-state index contributed by atoms with van der Waals surface area (Å²) in [5.41, 5.74) is 7.30. The van der Waals surface area contributed by atoms with Crippen LogP contribution in [-0.2, 0) is 9.59 Å². The SMILES string of the molecule is CC(=O)[C@@H](N)CCC(=O)NN. The molecule has 0 aromatic carbocycles. The zero-order valence-electron chi connectivity index (χ0n) is 6.46. The van der Waals surface area contributed by atoms with Crippen molar-refractivity contribution in [3.05, 3.63) is 0 Å². The lowest BCUT2D eigenvalue weighted by atomic mass is 10.1. The Bertz CT molecular complexity index is 158. The molecule has 0 bridgehead atoms. The van der Waals surface area contributed by atoms with Gasteiger partial charge in [-0.2, -0.15) is 0 Å². The van der Waals surface area contributed by atoms with Crippen molar-refractivity contribution in [1.82, 2.24) is 5.43 Å². The number of amides is 1. The van der Waals surface area contributed by atoms with E-state index >= 15 is 0 Å². The van der Waals surface area contributed by atoms with Gasteiger partial charge >= 0.3 is 0 Å². The summed E-state index contributed by atoms with van der Waals surface area (Å²) in [6.07, 6.45) is 0.537. The fourth-order valence-corrected chi connectivity index (χ4v) is 0.562. The highest BCUT2D eigenvalue weighted by Crippen LogP contribution is 1.94. The van der Waals surface area contributed by atoms with Crippen LogP contribution in [0.4, 0.5) is 0 Å². The summed E-state index contributed by atoms with van der Waals surface area (Å²) in [7, 11) is 0. The molecule has 0 aliphatic carbocycles. The first-order valence-corrected chi connectivity index (χ1v) is 3.33. The van der Waals surface area contributed by atoms with Crippen molar-refractivity contribution in [2.45, 2.75) is 25.8 Å². The van der Waals surface area contributed by atoms with Crippen molar-refractivity contribution < 1.29 is 9.59 Å². The molecule has 0 saturated heterocycles. The molecule has 0 aliphatic heterocycles. The Morgan fingerprint density at radius 1 is 1.55 bits per heavy atom. The molecule has 0 aromatic rings. The summed E-state index contributed by atoms with van der Waals surface area (Å²) in [5.74, 6) is 4.39. The Labute approximate surface area is 65.1 Å². The maximum Gasteiger partial charge on any atom is 0.233 e. The van der Waals surface area contributed by atoms with Gasteiger partial charge < -0.3 is 5.73 Å². The molecule has 0 spiro atoms. The molecule has 0 radical (unpaired) electrons. The van der Waals surface area contributed by atoms with E-state index in [9.17, 15) is 9.59 Å². The third-order valence-electron chi connectivity index (χ3n) is 1.37. The van der Waals surface area contributed by atoms with Crippen LogP contribution in [0, 0.1) is 0 Å². The monoisotopic (exact) mass is 159 g/mol.